The third-order valence-corrected chi connectivity index (χ3v) is 1.77. The van der Waals surface area contributed by atoms with Crippen LogP contribution in [0.5, 0.6) is 0 Å². The number of rotatable bonds is 3. The van der Waals surface area contributed by atoms with Crippen LogP contribution in [0.4, 0.5) is 19.0 Å². The van der Waals surface area contributed by atoms with Gasteiger partial charge in [-0.25, -0.2) is 18.0 Å². The van der Waals surface area contributed by atoms with E-state index in [1.165, 1.54) is 0 Å². The van der Waals surface area contributed by atoms with Crippen molar-refractivity contribution in [2.24, 2.45) is 0 Å². The second-order valence-corrected chi connectivity index (χ2v) is 2.78. The average Bonchev–Trinajstić information content (AvgIpc) is 2.26. The van der Waals surface area contributed by atoms with E-state index < -0.39 is 40.2 Å². The summed E-state index contributed by atoms with van der Waals surface area (Å²) in [7, 11) is 0.908. The van der Waals surface area contributed by atoms with Gasteiger partial charge < -0.3 is 14.9 Å². The summed E-state index contributed by atoms with van der Waals surface area (Å²) in [6.07, 6.45) is -3.32. The summed E-state index contributed by atoms with van der Waals surface area (Å²) in [5.41, 5.74) is -2.20. The molecule has 0 atom stereocenters. The number of pyridine rings is 1. The molecule has 0 spiro atoms. The summed E-state index contributed by atoms with van der Waals surface area (Å²) in [6, 6.07) is 0.304. The number of aromatic nitrogens is 1. The van der Waals surface area contributed by atoms with Crippen LogP contribution in [0.25, 0.3) is 0 Å². The molecule has 6 nitrogen and oxygen atoms in total. The molecule has 0 aliphatic carbocycles. The molecule has 0 aromatic carbocycles. The molecule has 0 saturated carbocycles. The maximum atomic E-state index is 13.1. The highest BCUT2D eigenvalue weighted by molar-refractivity contribution is 5.93. The third-order valence-electron chi connectivity index (χ3n) is 1.77. The molecule has 1 rings (SSSR count). The monoisotopic (exact) mass is 250 g/mol. The molecule has 9 heteroatoms. The molecule has 17 heavy (non-hydrogen) atoms. The van der Waals surface area contributed by atoms with E-state index in [0.29, 0.717) is 6.07 Å². The van der Waals surface area contributed by atoms with Crippen molar-refractivity contribution < 1.29 is 27.6 Å². The van der Waals surface area contributed by atoms with Crippen molar-refractivity contribution in [3.05, 3.63) is 33.3 Å². The summed E-state index contributed by atoms with van der Waals surface area (Å²) in [5, 5.41) is 10.5. The Morgan fingerprint density at radius 1 is 1.59 bits per heavy atom. The molecular weight excluding hydrogens is 245 g/mol. The van der Waals surface area contributed by atoms with Gasteiger partial charge in [0.05, 0.1) is 7.11 Å². The molecule has 1 aromatic heterocycles. The van der Waals surface area contributed by atoms with Crippen LogP contribution in [0.15, 0.2) is 6.07 Å². The van der Waals surface area contributed by atoms with E-state index in [4.69, 9.17) is 0 Å². The van der Waals surface area contributed by atoms with Crippen LogP contribution in [0.2, 0.25) is 0 Å². The molecule has 0 unspecified atom stereocenters. The zero-order chi connectivity index (χ0) is 13.2. The lowest BCUT2D eigenvalue weighted by molar-refractivity contribution is -0.390. The van der Waals surface area contributed by atoms with Crippen molar-refractivity contribution in [1.29, 1.82) is 0 Å². The number of hydrogen-bond acceptors (Lipinski definition) is 5. The molecular formula is C8H5F3N2O4. The fourth-order valence-electron chi connectivity index (χ4n) is 1.05. The summed E-state index contributed by atoms with van der Waals surface area (Å²) >= 11 is 0. The Bertz CT molecular complexity index is 478. The van der Waals surface area contributed by atoms with Crippen LogP contribution >= 0.6 is 0 Å². The Kier molecular flexibility index (Phi) is 3.61. The van der Waals surface area contributed by atoms with Crippen LogP contribution in [0.1, 0.15) is 22.5 Å². The number of carbonyl (C=O) groups is 1. The number of esters is 1. The SMILES string of the molecule is COC(=O)c1cc(F)c(C(F)F)nc1[N+](=O)[O-]. The number of hydrogen-bond donors (Lipinski definition) is 0. The first-order valence-corrected chi connectivity index (χ1v) is 4.09. The number of halogens is 3. The maximum absolute atomic E-state index is 13.1. The Morgan fingerprint density at radius 2 is 2.18 bits per heavy atom. The second-order valence-electron chi connectivity index (χ2n) is 2.78. The average molecular weight is 250 g/mol. The standard InChI is InChI=1S/C8H5F3N2O4/c1-17-8(14)3-2-4(9)5(6(10)11)12-7(3)13(15)16/h2,6H,1H3. The summed E-state index contributed by atoms with van der Waals surface area (Å²) in [4.78, 5) is 23.2. The minimum absolute atomic E-state index is 0.304. The third kappa shape index (κ3) is 2.49. The van der Waals surface area contributed by atoms with Crippen LogP contribution in [0, 0.1) is 15.9 Å². The summed E-state index contributed by atoms with van der Waals surface area (Å²) in [5.74, 6) is -3.91. The Balaban J connectivity index is 3.46. The Hall–Kier alpha value is -2.19. The highest BCUT2D eigenvalue weighted by Crippen LogP contribution is 2.26. The summed E-state index contributed by atoms with van der Waals surface area (Å²) in [6.45, 7) is 0. The molecule has 1 aromatic rings. The van der Waals surface area contributed by atoms with Gasteiger partial charge in [0, 0.05) is 6.07 Å². The van der Waals surface area contributed by atoms with Gasteiger partial charge in [-0.05, 0) is 9.91 Å². The molecule has 0 saturated heterocycles. The topological polar surface area (TPSA) is 82.3 Å². The lowest BCUT2D eigenvalue weighted by atomic mass is 10.2. The van der Waals surface area contributed by atoms with E-state index in [2.05, 4.69) is 9.72 Å². The molecule has 0 aliphatic rings. The van der Waals surface area contributed by atoms with Crippen molar-refractivity contribution in [2.45, 2.75) is 6.43 Å². The quantitative estimate of drug-likeness (QED) is 0.464. The van der Waals surface area contributed by atoms with Gasteiger partial charge >= 0.3 is 18.2 Å². The fraction of sp³-hybridized carbons (Fsp3) is 0.250. The minimum Gasteiger partial charge on any atom is -0.465 e. The number of nitro groups is 1. The van der Waals surface area contributed by atoms with Crippen molar-refractivity contribution in [2.75, 3.05) is 7.11 Å². The summed E-state index contributed by atoms with van der Waals surface area (Å²) < 4.78 is 41.7. The highest BCUT2D eigenvalue weighted by atomic mass is 19.3. The van der Waals surface area contributed by atoms with Gasteiger partial charge in [0.1, 0.15) is 0 Å². The van der Waals surface area contributed by atoms with Crippen LogP contribution in [0.3, 0.4) is 0 Å². The maximum Gasteiger partial charge on any atom is 0.378 e. The molecule has 0 fully saturated rings. The smallest absolute Gasteiger partial charge is 0.378 e. The van der Waals surface area contributed by atoms with Gasteiger partial charge in [-0.1, -0.05) is 0 Å². The van der Waals surface area contributed by atoms with E-state index in [9.17, 15) is 28.1 Å². The van der Waals surface area contributed by atoms with Gasteiger partial charge in [0.15, 0.2) is 11.4 Å². The van der Waals surface area contributed by atoms with Gasteiger partial charge in [0.25, 0.3) is 5.69 Å². The van der Waals surface area contributed by atoms with Crippen molar-refractivity contribution in [1.82, 2.24) is 4.98 Å². The zero-order valence-electron chi connectivity index (χ0n) is 8.32. The van der Waals surface area contributed by atoms with E-state index in [1.807, 2.05) is 0 Å². The van der Waals surface area contributed by atoms with Gasteiger partial charge in [0.2, 0.25) is 0 Å². The molecule has 1 heterocycles. The highest BCUT2D eigenvalue weighted by Gasteiger charge is 2.31. The Labute approximate surface area is 92.2 Å². The first kappa shape index (κ1) is 12.9. The van der Waals surface area contributed by atoms with E-state index >= 15 is 0 Å². The molecule has 0 N–H and O–H groups in total. The van der Waals surface area contributed by atoms with Crippen LogP contribution < -0.4 is 0 Å². The number of methoxy groups -OCH3 is 1. The van der Waals surface area contributed by atoms with Gasteiger partial charge in [-0.15, -0.1) is 0 Å². The molecule has 0 bridgehead atoms. The van der Waals surface area contributed by atoms with E-state index in [-0.39, 0.29) is 0 Å². The fourth-order valence-corrected chi connectivity index (χ4v) is 1.05. The molecule has 0 radical (unpaired) electrons. The number of carbonyl (C=O) groups excluding carboxylic acids is 1. The first-order chi connectivity index (χ1) is 7.88. The Morgan fingerprint density at radius 3 is 2.59 bits per heavy atom. The number of nitrogens with zero attached hydrogens (tertiary/aromatic N) is 2. The van der Waals surface area contributed by atoms with Crippen molar-refractivity contribution in [3.63, 3.8) is 0 Å². The lowest BCUT2D eigenvalue weighted by Gasteiger charge is -2.03. The van der Waals surface area contributed by atoms with Crippen LogP contribution in [-0.4, -0.2) is 23.0 Å². The predicted molar refractivity (Wildman–Crippen MR) is 47.1 cm³/mol. The van der Waals surface area contributed by atoms with Crippen molar-refractivity contribution >= 4 is 11.8 Å². The largest absolute Gasteiger partial charge is 0.465 e. The van der Waals surface area contributed by atoms with Gasteiger partial charge in [-0.2, -0.15) is 0 Å². The number of alkyl halides is 2. The molecule has 0 aliphatic heterocycles. The first-order valence-electron chi connectivity index (χ1n) is 4.09. The predicted octanol–water partition coefficient (Wildman–Crippen LogP) is 1.85. The minimum atomic E-state index is -3.32. The van der Waals surface area contributed by atoms with E-state index in [0.717, 1.165) is 7.11 Å². The molecule has 92 valence electrons. The second kappa shape index (κ2) is 4.76. The zero-order valence-corrected chi connectivity index (χ0v) is 8.32. The van der Waals surface area contributed by atoms with Crippen molar-refractivity contribution in [3.8, 4) is 0 Å². The van der Waals surface area contributed by atoms with Gasteiger partial charge in [-0.3, -0.25) is 0 Å². The number of ether oxygens (including phenoxy) is 1. The normalized spacial score (nSPS) is 10.4. The van der Waals surface area contributed by atoms with E-state index in [1.54, 1.807) is 0 Å². The van der Waals surface area contributed by atoms with Crippen LogP contribution in [-0.2, 0) is 4.74 Å². The lowest BCUT2D eigenvalue weighted by Crippen LogP contribution is -2.10. The molecule has 0 amide bonds.